The van der Waals surface area contributed by atoms with Gasteiger partial charge in [0.15, 0.2) is 0 Å². The largest absolute Gasteiger partial charge is 0.326 e. The monoisotopic (exact) mass is 360 g/mol. The Bertz CT molecular complexity index is 889. The molecule has 1 N–H and O–H groups in total. The molecule has 2 aromatic carbocycles. The molecule has 0 aromatic heterocycles. The van der Waals surface area contributed by atoms with Crippen molar-refractivity contribution in [3.8, 4) is 0 Å². The molecule has 0 spiro atoms. The van der Waals surface area contributed by atoms with Gasteiger partial charge in [-0.1, -0.05) is 30.3 Å². The van der Waals surface area contributed by atoms with E-state index < -0.39 is 0 Å². The molecule has 2 amide bonds. The van der Waals surface area contributed by atoms with Crippen molar-refractivity contribution >= 4 is 23.2 Å². The van der Waals surface area contributed by atoms with Gasteiger partial charge in [-0.3, -0.25) is 9.59 Å². The minimum atomic E-state index is 0.0661. The first kappa shape index (κ1) is 16.5. The van der Waals surface area contributed by atoms with Gasteiger partial charge in [0.05, 0.1) is 0 Å². The van der Waals surface area contributed by atoms with E-state index in [0.717, 1.165) is 50.0 Å². The third kappa shape index (κ3) is 3.25. The molecule has 2 aliphatic carbocycles. The van der Waals surface area contributed by atoms with E-state index in [1.54, 1.807) is 0 Å². The summed E-state index contributed by atoms with van der Waals surface area (Å²) in [5.41, 5.74) is 4.30. The molecule has 1 aliphatic heterocycles. The predicted molar refractivity (Wildman–Crippen MR) is 106 cm³/mol. The predicted octanol–water partition coefficient (Wildman–Crippen LogP) is 4.12. The third-order valence-corrected chi connectivity index (χ3v) is 6.01. The first-order valence-electron chi connectivity index (χ1n) is 10.0. The smallest absolute Gasteiger partial charge is 0.230 e. The molecule has 2 fully saturated rings. The second-order valence-corrected chi connectivity index (χ2v) is 8.06. The van der Waals surface area contributed by atoms with Crippen molar-refractivity contribution < 1.29 is 9.59 Å². The standard InChI is InChI=1S/C23H24N2O2/c26-22(20-14-19(20)15-5-2-1-3-6-15)24-18-10-11-21-17(13-18)7-4-12-25(21)23(27)16-8-9-16/h1-3,5-6,10-11,13,16,19-20H,4,7-9,12,14H2,(H,24,26). The fourth-order valence-corrected chi connectivity index (χ4v) is 4.24. The maximum absolute atomic E-state index is 12.6. The second-order valence-electron chi connectivity index (χ2n) is 8.06. The summed E-state index contributed by atoms with van der Waals surface area (Å²) in [6, 6.07) is 16.3. The van der Waals surface area contributed by atoms with Gasteiger partial charge >= 0.3 is 0 Å². The first-order valence-corrected chi connectivity index (χ1v) is 10.0. The molecule has 0 bridgehead atoms. The van der Waals surface area contributed by atoms with Crippen LogP contribution in [-0.4, -0.2) is 18.4 Å². The van der Waals surface area contributed by atoms with E-state index in [1.165, 1.54) is 11.1 Å². The molecule has 2 unspecified atom stereocenters. The average Bonchev–Trinajstić information content (AvgIpc) is 3.60. The Balaban J connectivity index is 1.28. The Kier molecular flexibility index (Phi) is 4.00. The number of nitrogens with zero attached hydrogens (tertiary/aromatic N) is 1. The minimum Gasteiger partial charge on any atom is -0.326 e. The highest BCUT2D eigenvalue weighted by atomic mass is 16.2. The molecule has 2 atom stereocenters. The Hall–Kier alpha value is -2.62. The van der Waals surface area contributed by atoms with Crippen LogP contribution in [0.5, 0.6) is 0 Å². The van der Waals surface area contributed by atoms with Crippen LogP contribution >= 0.6 is 0 Å². The van der Waals surface area contributed by atoms with Gasteiger partial charge in [-0.2, -0.15) is 0 Å². The number of aryl methyl sites for hydroxylation is 1. The van der Waals surface area contributed by atoms with E-state index >= 15 is 0 Å². The van der Waals surface area contributed by atoms with Crippen LogP contribution in [0.25, 0.3) is 0 Å². The lowest BCUT2D eigenvalue weighted by Crippen LogP contribution is -2.36. The molecular weight excluding hydrogens is 336 g/mol. The minimum absolute atomic E-state index is 0.0661. The fraction of sp³-hybridized carbons (Fsp3) is 0.391. The lowest BCUT2D eigenvalue weighted by molar-refractivity contribution is -0.120. The van der Waals surface area contributed by atoms with Crippen LogP contribution in [0.4, 0.5) is 11.4 Å². The Labute approximate surface area is 159 Å². The van der Waals surface area contributed by atoms with Crippen molar-refractivity contribution in [1.82, 2.24) is 0 Å². The fourth-order valence-electron chi connectivity index (χ4n) is 4.24. The maximum Gasteiger partial charge on any atom is 0.230 e. The van der Waals surface area contributed by atoms with E-state index in [-0.39, 0.29) is 23.7 Å². The average molecular weight is 360 g/mol. The van der Waals surface area contributed by atoms with Crippen LogP contribution in [0.1, 0.15) is 42.7 Å². The van der Waals surface area contributed by atoms with E-state index in [1.807, 2.05) is 35.2 Å². The molecule has 27 heavy (non-hydrogen) atoms. The van der Waals surface area contributed by atoms with Gasteiger partial charge in [0.1, 0.15) is 0 Å². The lowest BCUT2D eigenvalue weighted by atomic mass is 10.00. The number of anilines is 2. The van der Waals surface area contributed by atoms with Crippen LogP contribution in [-0.2, 0) is 16.0 Å². The van der Waals surface area contributed by atoms with Crippen LogP contribution in [0.15, 0.2) is 48.5 Å². The quantitative estimate of drug-likeness (QED) is 0.892. The normalized spacial score (nSPS) is 23.5. The highest BCUT2D eigenvalue weighted by Gasteiger charge is 2.44. The van der Waals surface area contributed by atoms with E-state index in [0.29, 0.717) is 5.92 Å². The maximum atomic E-state index is 12.6. The second kappa shape index (κ2) is 6.52. The highest BCUT2D eigenvalue weighted by Crippen LogP contribution is 2.48. The van der Waals surface area contributed by atoms with Crippen LogP contribution < -0.4 is 10.2 Å². The zero-order valence-corrected chi connectivity index (χ0v) is 15.4. The van der Waals surface area contributed by atoms with E-state index in [2.05, 4.69) is 23.5 Å². The number of carbonyl (C=O) groups is 2. The molecule has 3 aliphatic rings. The molecule has 4 heteroatoms. The zero-order chi connectivity index (χ0) is 18.4. The summed E-state index contributed by atoms with van der Waals surface area (Å²) in [7, 11) is 0. The summed E-state index contributed by atoms with van der Waals surface area (Å²) >= 11 is 0. The van der Waals surface area contributed by atoms with Crippen LogP contribution in [0, 0.1) is 11.8 Å². The molecule has 2 saturated carbocycles. The van der Waals surface area contributed by atoms with Gasteiger partial charge in [0.25, 0.3) is 0 Å². The zero-order valence-electron chi connectivity index (χ0n) is 15.4. The lowest BCUT2D eigenvalue weighted by Gasteiger charge is -2.30. The van der Waals surface area contributed by atoms with Crippen LogP contribution in [0.2, 0.25) is 0 Å². The summed E-state index contributed by atoms with van der Waals surface area (Å²) in [6.07, 6.45) is 4.93. The Morgan fingerprint density at radius 2 is 1.85 bits per heavy atom. The third-order valence-electron chi connectivity index (χ3n) is 6.01. The topological polar surface area (TPSA) is 49.4 Å². The van der Waals surface area contributed by atoms with Gasteiger partial charge in [0.2, 0.25) is 11.8 Å². The molecule has 2 aromatic rings. The van der Waals surface area contributed by atoms with Gasteiger partial charge in [-0.25, -0.2) is 0 Å². The van der Waals surface area contributed by atoms with Crippen molar-refractivity contribution in [2.45, 2.75) is 38.0 Å². The Morgan fingerprint density at radius 3 is 2.63 bits per heavy atom. The molecule has 0 radical (unpaired) electrons. The van der Waals surface area contributed by atoms with Crippen molar-refractivity contribution in [1.29, 1.82) is 0 Å². The molecule has 138 valence electrons. The highest BCUT2D eigenvalue weighted by molar-refractivity contribution is 5.99. The number of nitrogens with one attached hydrogen (secondary N) is 1. The van der Waals surface area contributed by atoms with Gasteiger partial charge in [0, 0.05) is 29.8 Å². The number of hydrogen-bond donors (Lipinski definition) is 1. The molecule has 1 heterocycles. The van der Waals surface area contributed by atoms with Crippen molar-refractivity contribution in [2.75, 3.05) is 16.8 Å². The number of fused-ring (bicyclic) bond motifs is 1. The summed E-state index contributed by atoms with van der Waals surface area (Å²) in [5, 5.41) is 3.09. The molecule has 5 rings (SSSR count). The van der Waals surface area contributed by atoms with E-state index in [4.69, 9.17) is 0 Å². The molecule has 4 nitrogen and oxygen atoms in total. The van der Waals surface area contributed by atoms with Crippen molar-refractivity contribution in [2.24, 2.45) is 11.8 Å². The number of benzene rings is 2. The number of amides is 2. The van der Waals surface area contributed by atoms with Gasteiger partial charge in [-0.15, -0.1) is 0 Å². The number of carbonyl (C=O) groups excluding carboxylic acids is 2. The van der Waals surface area contributed by atoms with Gasteiger partial charge in [-0.05, 0) is 67.3 Å². The Morgan fingerprint density at radius 1 is 1.04 bits per heavy atom. The summed E-state index contributed by atoms with van der Waals surface area (Å²) < 4.78 is 0. The number of hydrogen-bond acceptors (Lipinski definition) is 2. The summed E-state index contributed by atoms with van der Waals surface area (Å²) in [6.45, 7) is 0.814. The van der Waals surface area contributed by atoms with Gasteiger partial charge < -0.3 is 10.2 Å². The van der Waals surface area contributed by atoms with E-state index in [9.17, 15) is 9.59 Å². The van der Waals surface area contributed by atoms with Crippen molar-refractivity contribution in [3.63, 3.8) is 0 Å². The summed E-state index contributed by atoms with van der Waals surface area (Å²) in [4.78, 5) is 27.1. The first-order chi connectivity index (χ1) is 13.2. The molecular formula is C23H24N2O2. The van der Waals surface area contributed by atoms with Crippen LogP contribution in [0.3, 0.4) is 0 Å². The SMILES string of the molecule is O=C(Nc1ccc2c(c1)CCCN2C(=O)C1CC1)C1CC1c1ccccc1. The van der Waals surface area contributed by atoms with Crippen molar-refractivity contribution in [3.05, 3.63) is 59.7 Å². The summed E-state index contributed by atoms with van der Waals surface area (Å²) in [5.74, 6) is 1.02. The molecule has 0 saturated heterocycles. The number of rotatable bonds is 4.